The summed E-state index contributed by atoms with van der Waals surface area (Å²) < 4.78 is 24.9. The second kappa shape index (κ2) is 7.22. The van der Waals surface area contributed by atoms with E-state index in [2.05, 4.69) is 15.4 Å². The lowest BCUT2D eigenvalue weighted by Crippen LogP contribution is -2.36. The molecule has 4 N–H and O–H groups in total. The van der Waals surface area contributed by atoms with Crippen molar-refractivity contribution in [2.24, 2.45) is 0 Å². The van der Waals surface area contributed by atoms with Crippen molar-refractivity contribution >= 4 is 38.4 Å². The van der Waals surface area contributed by atoms with Crippen molar-refractivity contribution < 1.29 is 23.1 Å². The molecule has 8 nitrogen and oxygen atoms in total. The topological polar surface area (TPSA) is 125 Å². The maximum Gasteiger partial charge on any atom is 0.338 e. The Labute approximate surface area is 120 Å². The summed E-state index contributed by atoms with van der Waals surface area (Å²) in [5, 5.41) is 15.3. The predicted molar refractivity (Wildman–Crippen MR) is 75.8 cm³/mol. The van der Waals surface area contributed by atoms with Gasteiger partial charge in [0.05, 0.1) is 11.3 Å². The number of rotatable bonds is 7. The number of nitrogens with one attached hydrogen (secondary N) is 3. The molecule has 10 heteroatoms. The van der Waals surface area contributed by atoms with Gasteiger partial charge in [0.2, 0.25) is 10.0 Å². The van der Waals surface area contributed by atoms with Gasteiger partial charge in [-0.2, -0.15) is 0 Å². The number of carbonyl (C=O) groups is 2. The van der Waals surface area contributed by atoms with Gasteiger partial charge in [-0.05, 0) is 11.4 Å². The lowest BCUT2D eigenvalue weighted by Gasteiger charge is -2.07. The van der Waals surface area contributed by atoms with Crippen molar-refractivity contribution in [2.45, 2.75) is 6.92 Å². The molecular weight excluding hydrogens is 306 g/mol. The molecule has 0 aliphatic heterocycles. The summed E-state index contributed by atoms with van der Waals surface area (Å²) >= 11 is 1.07. The second-order valence-corrected chi connectivity index (χ2v) is 6.51. The van der Waals surface area contributed by atoms with Crippen LogP contribution in [0.3, 0.4) is 0 Å². The average Bonchev–Trinajstić information content (AvgIpc) is 2.76. The van der Waals surface area contributed by atoms with E-state index in [0.29, 0.717) is 0 Å². The Morgan fingerprint density at radius 3 is 2.70 bits per heavy atom. The molecule has 1 rings (SSSR count). The monoisotopic (exact) mass is 321 g/mol. The number of thiophene rings is 1. The number of carbonyl (C=O) groups excluding carboxylic acids is 1. The number of anilines is 1. The molecule has 1 aromatic heterocycles. The number of urea groups is 1. The first-order valence-electron chi connectivity index (χ1n) is 5.68. The smallest absolute Gasteiger partial charge is 0.338 e. The van der Waals surface area contributed by atoms with Crippen LogP contribution in [-0.2, 0) is 10.0 Å². The minimum Gasteiger partial charge on any atom is -0.478 e. The molecule has 0 radical (unpaired) electrons. The molecule has 0 aliphatic rings. The summed E-state index contributed by atoms with van der Waals surface area (Å²) in [5.74, 6) is -1.39. The Morgan fingerprint density at radius 2 is 2.10 bits per heavy atom. The van der Waals surface area contributed by atoms with Crippen molar-refractivity contribution in [2.75, 3.05) is 24.2 Å². The standard InChI is InChI=1S/C10H15N3O5S2/c1-2-12-20(17,18)6-4-11-10(16)13-8-7(9(14)15)3-5-19-8/h3,5,12H,2,4,6H2,1H3,(H,14,15)(H2,11,13,16). The molecule has 0 aromatic carbocycles. The zero-order valence-corrected chi connectivity index (χ0v) is 12.3. The van der Waals surface area contributed by atoms with Gasteiger partial charge < -0.3 is 10.4 Å². The molecule has 0 aliphatic carbocycles. The van der Waals surface area contributed by atoms with Crippen LogP contribution in [-0.4, -0.2) is 44.4 Å². The van der Waals surface area contributed by atoms with Crippen LogP contribution >= 0.6 is 11.3 Å². The van der Waals surface area contributed by atoms with Crippen LogP contribution in [0, 0.1) is 0 Å². The van der Waals surface area contributed by atoms with E-state index in [9.17, 15) is 18.0 Å². The van der Waals surface area contributed by atoms with Gasteiger partial charge in [-0.15, -0.1) is 11.3 Å². The number of sulfonamides is 1. The normalized spacial score (nSPS) is 11.1. The van der Waals surface area contributed by atoms with Crippen LogP contribution in [0.1, 0.15) is 17.3 Å². The SMILES string of the molecule is CCNS(=O)(=O)CCNC(=O)Nc1sccc1C(=O)O. The van der Waals surface area contributed by atoms with E-state index in [1.54, 1.807) is 6.92 Å². The Balaban J connectivity index is 2.45. The third-order valence-electron chi connectivity index (χ3n) is 2.14. The van der Waals surface area contributed by atoms with Crippen molar-refractivity contribution in [1.82, 2.24) is 10.0 Å². The lowest BCUT2D eigenvalue weighted by molar-refractivity contribution is 0.0698. The van der Waals surface area contributed by atoms with Gasteiger partial charge in [-0.1, -0.05) is 6.92 Å². The summed E-state index contributed by atoms with van der Waals surface area (Å²) in [6.45, 7) is 1.86. The summed E-state index contributed by atoms with van der Waals surface area (Å²) in [6, 6.07) is 0.722. The number of aromatic carboxylic acids is 1. The second-order valence-electron chi connectivity index (χ2n) is 3.67. The van der Waals surface area contributed by atoms with Crippen LogP contribution in [0.2, 0.25) is 0 Å². The van der Waals surface area contributed by atoms with E-state index in [1.165, 1.54) is 11.4 Å². The third kappa shape index (κ3) is 5.15. The minimum atomic E-state index is -3.39. The first kappa shape index (κ1) is 16.4. The number of carboxylic acids is 1. The zero-order chi connectivity index (χ0) is 15.2. The Bertz CT molecular complexity index is 581. The maximum atomic E-state index is 11.5. The minimum absolute atomic E-state index is 0.00887. The largest absolute Gasteiger partial charge is 0.478 e. The molecule has 1 heterocycles. The molecule has 0 fully saturated rings. The highest BCUT2D eigenvalue weighted by Gasteiger charge is 2.14. The summed E-state index contributed by atoms with van der Waals surface area (Å²) in [5.41, 5.74) is -0.00887. The molecule has 20 heavy (non-hydrogen) atoms. The highest BCUT2D eigenvalue weighted by atomic mass is 32.2. The number of amides is 2. The van der Waals surface area contributed by atoms with Crippen molar-refractivity contribution in [1.29, 1.82) is 0 Å². The quantitative estimate of drug-likeness (QED) is 0.582. The first-order chi connectivity index (χ1) is 9.35. The van der Waals surface area contributed by atoms with Crippen LogP contribution in [0.15, 0.2) is 11.4 Å². The molecule has 0 bridgehead atoms. The van der Waals surface area contributed by atoms with Crippen molar-refractivity contribution in [3.8, 4) is 0 Å². The van der Waals surface area contributed by atoms with Gasteiger partial charge in [0, 0.05) is 13.1 Å². The molecule has 0 saturated heterocycles. The summed E-state index contributed by atoms with van der Waals surface area (Å²) in [6.07, 6.45) is 0. The molecular formula is C10H15N3O5S2. The van der Waals surface area contributed by atoms with E-state index >= 15 is 0 Å². The predicted octanol–water partition coefficient (Wildman–Crippen LogP) is 0.507. The molecule has 1 aromatic rings. The molecule has 2 amide bonds. The molecule has 0 unspecified atom stereocenters. The zero-order valence-electron chi connectivity index (χ0n) is 10.7. The lowest BCUT2D eigenvalue weighted by atomic mass is 10.3. The van der Waals surface area contributed by atoms with Gasteiger partial charge in [0.25, 0.3) is 0 Å². The third-order valence-corrected chi connectivity index (χ3v) is 4.44. The highest BCUT2D eigenvalue weighted by Crippen LogP contribution is 2.22. The fourth-order valence-corrected chi connectivity index (χ4v) is 3.04. The van der Waals surface area contributed by atoms with Crippen LogP contribution in [0.5, 0.6) is 0 Å². The summed E-state index contributed by atoms with van der Waals surface area (Å²) in [7, 11) is -3.39. The fraction of sp³-hybridized carbons (Fsp3) is 0.400. The van der Waals surface area contributed by atoms with Gasteiger partial charge in [-0.3, -0.25) is 5.32 Å². The van der Waals surface area contributed by atoms with E-state index in [1.807, 2.05) is 0 Å². The van der Waals surface area contributed by atoms with Crippen LogP contribution in [0.25, 0.3) is 0 Å². The van der Waals surface area contributed by atoms with Gasteiger partial charge in [0.15, 0.2) is 0 Å². The Morgan fingerprint density at radius 1 is 1.40 bits per heavy atom. The van der Waals surface area contributed by atoms with E-state index < -0.39 is 22.0 Å². The van der Waals surface area contributed by atoms with Crippen LogP contribution in [0.4, 0.5) is 9.80 Å². The Kier molecular flexibility index (Phi) is 5.92. The van der Waals surface area contributed by atoms with Crippen LogP contribution < -0.4 is 15.4 Å². The number of hydrogen-bond acceptors (Lipinski definition) is 5. The number of carboxylic acid groups (broad SMARTS) is 1. The van der Waals surface area contributed by atoms with Gasteiger partial charge in [0.1, 0.15) is 5.00 Å². The van der Waals surface area contributed by atoms with Crippen molar-refractivity contribution in [3.05, 3.63) is 17.0 Å². The maximum absolute atomic E-state index is 11.5. The first-order valence-corrected chi connectivity index (χ1v) is 8.22. The molecule has 112 valence electrons. The fourth-order valence-electron chi connectivity index (χ4n) is 1.31. The summed E-state index contributed by atoms with van der Waals surface area (Å²) in [4.78, 5) is 22.3. The highest BCUT2D eigenvalue weighted by molar-refractivity contribution is 7.89. The van der Waals surface area contributed by atoms with E-state index in [0.717, 1.165) is 11.3 Å². The van der Waals surface area contributed by atoms with Crippen molar-refractivity contribution in [3.63, 3.8) is 0 Å². The van der Waals surface area contributed by atoms with Gasteiger partial charge in [-0.25, -0.2) is 22.7 Å². The van der Waals surface area contributed by atoms with E-state index in [4.69, 9.17) is 5.11 Å². The van der Waals surface area contributed by atoms with E-state index in [-0.39, 0.29) is 29.4 Å². The average molecular weight is 321 g/mol. The molecule has 0 spiro atoms. The molecule has 0 atom stereocenters. The molecule has 0 saturated carbocycles. The Hall–Kier alpha value is -1.65. The van der Waals surface area contributed by atoms with Gasteiger partial charge >= 0.3 is 12.0 Å². The number of hydrogen-bond donors (Lipinski definition) is 4.